The zero-order valence-corrected chi connectivity index (χ0v) is 14.1. The van der Waals surface area contributed by atoms with Gasteiger partial charge < -0.3 is 4.42 Å². The number of benzene rings is 1. The smallest absolute Gasteiger partial charge is 0.227 e. The van der Waals surface area contributed by atoms with Crippen molar-refractivity contribution in [2.75, 3.05) is 13.1 Å². The Labute approximate surface area is 142 Å². The molecule has 1 saturated heterocycles. The highest BCUT2D eigenvalue weighted by Crippen LogP contribution is 2.36. The van der Waals surface area contributed by atoms with Crippen LogP contribution in [0, 0.1) is 11.8 Å². The molecule has 1 aliphatic carbocycles. The first-order chi connectivity index (χ1) is 11.3. The summed E-state index contributed by atoms with van der Waals surface area (Å²) in [6, 6.07) is 7.70. The molecule has 4 rings (SSSR count). The van der Waals surface area contributed by atoms with Gasteiger partial charge in [0.2, 0.25) is 5.89 Å². The van der Waals surface area contributed by atoms with Crippen LogP contribution in [-0.2, 0) is 6.54 Å². The largest absolute Gasteiger partial charge is 0.444 e. The highest BCUT2D eigenvalue weighted by atomic mass is 35.5. The monoisotopic (exact) mass is 330 g/mol. The van der Waals surface area contributed by atoms with Crippen LogP contribution in [0.25, 0.3) is 11.5 Å². The molecule has 2 heterocycles. The lowest BCUT2D eigenvalue weighted by Crippen LogP contribution is -2.41. The highest BCUT2D eigenvalue weighted by Gasteiger charge is 2.31. The van der Waals surface area contributed by atoms with Gasteiger partial charge in [0, 0.05) is 13.1 Å². The topological polar surface area (TPSA) is 29.3 Å². The number of hydrogen-bond acceptors (Lipinski definition) is 3. The van der Waals surface area contributed by atoms with Crippen LogP contribution in [0.2, 0.25) is 5.02 Å². The third kappa shape index (κ3) is 3.31. The van der Waals surface area contributed by atoms with Gasteiger partial charge in [0.1, 0.15) is 6.26 Å². The number of oxazole rings is 1. The first kappa shape index (κ1) is 15.2. The molecule has 2 atom stereocenters. The average Bonchev–Trinajstić information content (AvgIpc) is 3.03. The number of likely N-dealkylation sites (tertiary alicyclic amines) is 1. The Kier molecular flexibility index (Phi) is 4.41. The van der Waals surface area contributed by atoms with Crippen LogP contribution in [0.3, 0.4) is 0 Å². The van der Waals surface area contributed by atoms with Crippen molar-refractivity contribution in [2.24, 2.45) is 11.8 Å². The number of piperidine rings is 1. The molecule has 4 heteroatoms. The molecule has 0 bridgehead atoms. The van der Waals surface area contributed by atoms with Gasteiger partial charge in [-0.3, -0.25) is 4.90 Å². The Balaban J connectivity index is 1.43. The second-order valence-electron chi connectivity index (χ2n) is 6.95. The van der Waals surface area contributed by atoms with Gasteiger partial charge in [-0.25, -0.2) is 4.98 Å². The molecule has 0 amide bonds. The first-order valence-electron chi connectivity index (χ1n) is 8.71. The van der Waals surface area contributed by atoms with E-state index in [9.17, 15) is 0 Å². The van der Waals surface area contributed by atoms with Crippen molar-refractivity contribution >= 4 is 11.6 Å². The minimum Gasteiger partial charge on any atom is -0.444 e. The molecule has 1 saturated carbocycles. The second-order valence-corrected chi connectivity index (χ2v) is 7.36. The van der Waals surface area contributed by atoms with Gasteiger partial charge >= 0.3 is 0 Å². The van der Waals surface area contributed by atoms with Crippen molar-refractivity contribution in [3.8, 4) is 11.5 Å². The van der Waals surface area contributed by atoms with Crippen molar-refractivity contribution in [1.29, 1.82) is 0 Å². The van der Waals surface area contributed by atoms with Gasteiger partial charge in [-0.05, 0) is 43.4 Å². The van der Waals surface area contributed by atoms with Gasteiger partial charge in [-0.2, -0.15) is 0 Å². The van der Waals surface area contributed by atoms with E-state index in [0.717, 1.165) is 29.6 Å². The lowest BCUT2D eigenvalue weighted by molar-refractivity contribution is 0.0812. The Bertz CT molecular complexity index is 669. The van der Waals surface area contributed by atoms with Gasteiger partial charge in [0.05, 0.1) is 16.3 Å². The van der Waals surface area contributed by atoms with E-state index < -0.39 is 0 Å². The number of fused-ring (bicyclic) bond motifs is 1. The van der Waals surface area contributed by atoms with E-state index in [2.05, 4.69) is 9.88 Å². The third-order valence-corrected chi connectivity index (χ3v) is 5.75. The van der Waals surface area contributed by atoms with Crippen LogP contribution < -0.4 is 0 Å². The van der Waals surface area contributed by atoms with Crippen molar-refractivity contribution in [1.82, 2.24) is 9.88 Å². The minimum absolute atomic E-state index is 0.623. The molecule has 122 valence electrons. The molecule has 0 unspecified atom stereocenters. The van der Waals surface area contributed by atoms with E-state index in [0.29, 0.717) is 10.9 Å². The molecular formula is C19H23ClN2O. The number of nitrogens with zero attached hydrogens (tertiary/aromatic N) is 2. The summed E-state index contributed by atoms with van der Waals surface area (Å²) in [5, 5.41) is 0.684. The molecule has 0 N–H and O–H groups in total. The molecule has 2 aliphatic rings. The summed E-state index contributed by atoms with van der Waals surface area (Å²) in [6.07, 6.45) is 8.83. The molecule has 23 heavy (non-hydrogen) atoms. The van der Waals surface area contributed by atoms with Gasteiger partial charge in [0.15, 0.2) is 0 Å². The maximum Gasteiger partial charge on any atom is 0.227 e. The summed E-state index contributed by atoms with van der Waals surface area (Å²) in [4.78, 5) is 7.19. The van der Waals surface area contributed by atoms with E-state index in [4.69, 9.17) is 16.0 Å². The Hall–Kier alpha value is -1.32. The summed E-state index contributed by atoms with van der Waals surface area (Å²) in [5.74, 6) is 2.49. The minimum atomic E-state index is 0.623. The molecular weight excluding hydrogens is 308 g/mol. The molecule has 3 nitrogen and oxygen atoms in total. The van der Waals surface area contributed by atoms with Crippen LogP contribution in [0.4, 0.5) is 0 Å². The standard InChI is InChI=1S/C19H23ClN2O/c20-18-8-4-3-7-17(18)19-21-16(13-23-19)12-22-10-9-14-5-1-2-6-15(14)11-22/h3-4,7-8,13-15H,1-2,5-6,9-12H2/t14-,15+/m0/s1. The molecule has 0 spiro atoms. The summed E-state index contributed by atoms with van der Waals surface area (Å²) in [6.45, 7) is 3.30. The van der Waals surface area contributed by atoms with Crippen molar-refractivity contribution in [2.45, 2.75) is 38.6 Å². The Morgan fingerprint density at radius 1 is 1.13 bits per heavy atom. The average molecular weight is 331 g/mol. The van der Waals surface area contributed by atoms with Crippen molar-refractivity contribution < 1.29 is 4.42 Å². The Morgan fingerprint density at radius 2 is 1.96 bits per heavy atom. The number of halogens is 1. The summed E-state index contributed by atoms with van der Waals surface area (Å²) >= 11 is 6.23. The van der Waals surface area contributed by atoms with Crippen LogP contribution in [0.5, 0.6) is 0 Å². The van der Waals surface area contributed by atoms with Crippen LogP contribution >= 0.6 is 11.6 Å². The molecule has 2 aromatic rings. The van der Waals surface area contributed by atoms with Crippen molar-refractivity contribution in [3.63, 3.8) is 0 Å². The summed E-state index contributed by atoms with van der Waals surface area (Å²) in [7, 11) is 0. The zero-order chi connectivity index (χ0) is 15.6. The highest BCUT2D eigenvalue weighted by molar-refractivity contribution is 6.33. The maximum atomic E-state index is 6.23. The maximum absolute atomic E-state index is 6.23. The van der Waals surface area contributed by atoms with E-state index in [1.54, 1.807) is 6.26 Å². The molecule has 1 aliphatic heterocycles. The van der Waals surface area contributed by atoms with Gasteiger partial charge in [-0.1, -0.05) is 43.0 Å². The van der Waals surface area contributed by atoms with E-state index in [-0.39, 0.29) is 0 Å². The Morgan fingerprint density at radius 3 is 2.83 bits per heavy atom. The van der Waals surface area contributed by atoms with Crippen molar-refractivity contribution in [3.05, 3.63) is 41.2 Å². The fraction of sp³-hybridized carbons (Fsp3) is 0.526. The summed E-state index contributed by atoms with van der Waals surface area (Å²) in [5.41, 5.74) is 1.88. The van der Waals surface area contributed by atoms with E-state index in [1.165, 1.54) is 45.2 Å². The first-order valence-corrected chi connectivity index (χ1v) is 9.09. The number of rotatable bonds is 3. The summed E-state index contributed by atoms with van der Waals surface area (Å²) < 4.78 is 5.66. The quantitative estimate of drug-likeness (QED) is 0.792. The van der Waals surface area contributed by atoms with Gasteiger partial charge in [-0.15, -0.1) is 0 Å². The lowest BCUT2D eigenvalue weighted by atomic mass is 9.75. The molecule has 1 aromatic carbocycles. The van der Waals surface area contributed by atoms with Crippen LogP contribution in [0.15, 0.2) is 34.9 Å². The molecule has 2 fully saturated rings. The fourth-order valence-corrected chi connectivity index (χ4v) is 4.40. The third-order valence-electron chi connectivity index (χ3n) is 5.42. The van der Waals surface area contributed by atoms with E-state index >= 15 is 0 Å². The number of hydrogen-bond donors (Lipinski definition) is 0. The zero-order valence-electron chi connectivity index (χ0n) is 13.4. The predicted octanol–water partition coefficient (Wildman–Crippen LogP) is 5.01. The predicted molar refractivity (Wildman–Crippen MR) is 92.3 cm³/mol. The second kappa shape index (κ2) is 6.66. The van der Waals surface area contributed by atoms with Crippen LogP contribution in [-0.4, -0.2) is 23.0 Å². The SMILES string of the molecule is Clc1ccccc1-c1nc(CN2CC[C@@H]3CCCC[C@@H]3C2)co1. The van der Waals surface area contributed by atoms with Gasteiger partial charge in [0.25, 0.3) is 0 Å². The van der Waals surface area contributed by atoms with E-state index in [1.807, 2.05) is 24.3 Å². The molecule has 0 radical (unpaired) electrons. The van der Waals surface area contributed by atoms with Crippen LogP contribution in [0.1, 0.15) is 37.8 Å². The number of aromatic nitrogens is 1. The fourth-order valence-electron chi connectivity index (χ4n) is 4.19. The molecule has 1 aromatic heterocycles. The normalized spacial score (nSPS) is 25.3. The lowest BCUT2D eigenvalue weighted by Gasteiger charge is -2.41.